The highest BCUT2D eigenvalue weighted by molar-refractivity contribution is 5.80. The van der Waals surface area contributed by atoms with Crippen LogP contribution in [0.2, 0.25) is 0 Å². The molecule has 2 N–H and O–H groups in total. The van der Waals surface area contributed by atoms with Gasteiger partial charge in [-0.25, -0.2) is 4.79 Å². The summed E-state index contributed by atoms with van der Waals surface area (Å²) in [4.78, 5) is 24.0. The van der Waals surface area contributed by atoms with Gasteiger partial charge < -0.3 is 20.1 Å². The minimum atomic E-state index is -0.986. The van der Waals surface area contributed by atoms with Crippen molar-refractivity contribution in [1.29, 1.82) is 0 Å². The summed E-state index contributed by atoms with van der Waals surface area (Å²) in [5.41, 5.74) is 0. The summed E-state index contributed by atoms with van der Waals surface area (Å²) in [6.45, 7) is 6.25. The number of amides is 2. The molecule has 110 valence electrons. The molecule has 6 heteroatoms. The van der Waals surface area contributed by atoms with Gasteiger partial charge in [0.2, 0.25) is 0 Å². The van der Waals surface area contributed by atoms with E-state index in [-0.39, 0.29) is 18.5 Å². The molecule has 1 fully saturated rings. The number of aliphatic carboxylic acids is 1. The zero-order valence-electron chi connectivity index (χ0n) is 11.7. The largest absolute Gasteiger partial charge is 0.480 e. The fourth-order valence-electron chi connectivity index (χ4n) is 2.13. The van der Waals surface area contributed by atoms with E-state index >= 15 is 0 Å². The predicted octanol–water partition coefficient (Wildman–Crippen LogP) is 1.17. The molecule has 1 aliphatic heterocycles. The number of urea groups is 1. The molecule has 1 aliphatic rings. The normalized spacial score (nSPS) is 18.6. The quantitative estimate of drug-likeness (QED) is 0.729. The maximum Gasteiger partial charge on any atom is 0.323 e. The molecule has 0 radical (unpaired) electrons. The van der Waals surface area contributed by atoms with Gasteiger partial charge in [0.1, 0.15) is 6.54 Å². The van der Waals surface area contributed by atoms with Crippen molar-refractivity contribution in [2.45, 2.75) is 26.7 Å². The molecule has 1 rings (SSSR count). The minimum Gasteiger partial charge on any atom is -0.480 e. The predicted molar refractivity (Wildman–Crippen MR) is 71.0 cm³/mol. The molecule has 1 saturated heterocycles. The van der Waals surface area contributed by atoms with Crippen molar-refractivity contribution in [2.75, 3.05) is 32.8 Å². The first-order chi connectivity index (χ1) is 8.99. The zero-order chi connectivity index (χ0) is 14.3. The van der Waals surface area contributed by atoms with Crippen LogP contribution in [0.4, 0.5) is 4.79 Å². The van der Waals surface area contributed by atoms with Crippen LogP contribution in [0.5, 0.6) is 0 Å². The van der Waals surface area contributed by atoms with E-state index in [9.17, 15) is 9.59 Å². The number of hydrogen-bond acceptors (Lipinski definition) is 3. The third kappa shape index (κ3) is 6.42. The summed E-state index contributed by atoms with van der Waals surface area (Å²) in [7, 11) is 0. The lowest BCUT2D eigenvalue weighted by atomic mass is 10.1. The number of hydrogen-bond donors (Lipinski definition) is 2. The van der Waals surface area contributed by atoms with Gasteiger partial charge in [0.05, 0.1) is 0 Å². The number of nitrogens with zero attached hydrogens (tertiary/aromatic N) is 1. The van der Waals surface area contributed by atoms with Crippen molar-refractivity contribution in [2.24, 2.45) is 11.8 Å². The second-order valence-corrected chi connectivity index (χ2v) is 5.42. The molecule has 0 aliphatic carbocycles. The fraction of sp³-hybridized carbons (Fsp3) is 0.846. The molecular formula is C13H24N2O4. The van der Waals surface area contributed by atoms with E-state index in [4.69, 9.17) is 9.84 Å². The van der Waals surface area contributed by atoms with Crippen LogP contribution in [0.3, 0.4) is 0 Å². The fourth-order valence-corrected chi connectivity index (χ4v) is 2.13. The molecule has 2 amide bonds. The van der Waals surface area contributed by atoms with E-state index in [0.29, 0.717) is 19.0 Å². The average molecular weight is 272 g/mol. The molecule has 1 unspecified atom stereocenters. The van der Waals surface area contributed by atoms with Gasteiger partial charge in [0.15, 0.2) is 0 Å². The van der Waals surface area contributed by atoms with Crippen LogP contribution < -0.4 is 5.32 Å². The van der Waals surface area contributed by atoms with Gasteiger partial charge >= 0.3 is 12.0 Å². The van der Waals surface area contributed by atoms with E-state index < -0.39 is 5.97 Å². The van der Waals surface area contributed by atoms with Crippen LogP contribution in [-0.2, 0) is 9.53 Å². The summed E-state index contributed by atoms with van der Waals surface area (Å²) in [6, 6.07) is -0.296. The highest BCUT2D eigenvalue weighted by atomic mass is 16.5. The van der Waals surface area contributed by atoms with Crippen molar-refractivity contribution >= 4 is 12.0 Å². The molecule has 0 spiro atoms. The van der Waals surface area contributed by atoms with Crippen molar-refractivity contribution in [3.05, 3.63) is 0 Å². The zero-order valence-corrected chi connectivity index (χ0v) is 11.7. The van der Waals surface area contributed by atoms with Gasteiger partial charge in [-0.2, -0.15) is 0 Å². The molecule has 1 heterocycles. The third-order valence-electron chi connectivity index (χ3n) is 3.05. The van der Waals surface area contributed by atoms with Gasteiger partial charge in [-0.3, -0.25) is 4.79 Å². The first-order valence-electron chi connectivity index (χ1n) is 6.81. The van der Waals surface area contributed by atoms with Crippen molar-refractivity contribution in [3.8, 4) is 0 Å². The molecule has 0 aromatic rings. The Morgan fingerprint density at radius 1 is 1.47 bits per heavy atom. The standard InChI is InChI=1S/C13H24N2O4/c1-10(2)7-15(8-12(16)17)13(18)14-5-3-11-4-6-19-9-11/h10-11H,3-9H2,1-2H3,(H,14,18)(H,16,17). The molecule has 0 aromatic carbocycles. The van der Waals surface area contributed by atoms with E-state index in [2.05, 4.69) is 5.32 Å². The van der Waals surface area contributed by atoms with E-state index in [1.807, 2.05) is 13.8 Å². The topological polar surface area (TPSA) is 78.9 Å². The average Bonchev–Trinajstić information content (AvgIpc) is 2.79. The number of carboxylic acids is 1. The van der Waals surface area contributed by atoms with Gasteiger partial charge in [-0.1, -0.05) is 13.8 Å². The SMILES string of the molecule is CC(C)CN(CC(=O)O)C(=O)NCCC1CCOC1. The Balaban J connectivity index is 2.31. The van der Waals surface area contributed by atoms with Gasteiger partial charge in [-0.05, 0) is 24.7 Å². The molecule has 19 heavy (non-hydrogen) atoms. The number of nitrogens with one attached hydrogen (secondary N) is 1. The molecule has 1 atom stereocenters. The Morgan fingerprint density at radius 3 is 2.74 bits per heavy atom. The number of carbonyl (C=O) groups is 2. The number of ether oxygens (including phenoxy) is 1. The number of carbonyl (C=O) groups excluding carboxylic acids is 1. The Kier molecular flexibility index (Phi) is 6.62. The Labute approximate surface area is 114 Å². The van der Waals surface area contributed by atoms with Crippen LogP contribution in [0.1, 0.15) is 26.7 Å². The summed E-state index contributed by atoms with van der Waals surface area (Å²) < 4.78 is 5.27. The highest BCUT2D eigenvalue weighted by Gasteiger charge is 2.19. The van der Waals surface area contributed by atoms with Crippen LogP contribution >= 0.6 is 0 Å². The first-order valence-corrected chi connectivity index (χ1v) is 6.81. The van der Waals surface area contributed by atoms with Crippen LogP contribution in [0, 0.1) is 11.8 Å². The van der Waals surface area contributed by atoms with E-state index in [1.165, 1.54) is 4.90 Å². The third-order valence-corrected chi connectivity index (χ3v) is 3.05. The Morgan fingerprint density at radius 2 is 2.21 bits per heavy atom. The summed E-state index contributed by atoms with van der Waals surface area (Å²) in [5, 5.41) is 11.6. The summed E-state index contributed by atoms with van der Waals surface area (Å²) >= 11 is 0. The molecular weight excluding hydrogens is 248 g/mol. The molecule has 0 saturated carbocycles. The minimum absolute atomic E-state index is 0.244. The lowest BCUT2D eigenvalue weighted by Crippen LogP contribution is -2.45. The van der Waals surface area contributed by atoms with Gasteiger partial charge in [0, 0.05) is 26.3 Å². The summed E-state index contributed by atoms with van der Waals surface area (Å²) in [5.74, 6) is -0.230. The highest BCUT2D eigenvalue weighted by Crippen LogP contribution is 2.15. The maximum atomic E-state index is 11.9. The van der Waals surface area contributed by atoms with Crippen LogP contribution in [0.25, 0.3) is 0 Å². The van der Waals surface area contributed by atoms with Crippen molar-refractivity contribution in [1.82, 2.24) is 10.2 Å². The van der Waals surface area contributed by atoms with E-state index in [0.717, 1.165) is 26.1 Å². The number of carboxylic acid groups (broad SMARTS) is 1. The van der Waals surface area contributed by atoms with E-state index in [1.54, 1.807) is 0 Å². The van der Waals surface area contributed by atoms with Crippen LogP contribution in [0.15, 0.2) is 0 Å². The summed E-state index contributed by atoms with van der Waals surface area (Å²) in [6.07, 6.45) is 1.93. The Bertz CT molecular complexity index is 301. The second kappa shape index (κ2) is 7.99. The smallest absolute Gasteiger partial charge is 0.323 e. The van der Waals surface area contributed by atoms with Crippen LogP contribution in [-0.4, -0.2) is 54.9 Å². The van der Waals surface area contributed by atoms with Gasteiger partial charge in [0.25, 0.3) is 0 Å². The van der Waals surface area contributed by atoms with Crippen molar-refractivity contribution < 1.29 is 19.4 Å². The monoisotopic (exact) mass is 272 g/mol. The maximum absolute atomic E-state index is 11.9. The number of rotatable bonds is 7. The Hall–Kier alpha value is -1.30. The molecule has 0 aromatic heterocycles. The second-order valence-electron chi connectivity index (χ2n) is 5.42. The van der Waals surface area contributed by atoms with Crippen molar-refractivity contribution in [3.63, 3.8) is 0 Å². The first kappa shape index (κ1) is 15.8. The molecule has 6 nitrogen and oxygen atoms in total. The lowest BCUT2D eigenvalue weighted by molar-refractivity contribution is -0.137. The molecule has 0 bridgehead atoms. The van der Waals surface area contributed by atoms with Gasteiger partial charge in [-0.15, -0.1) is 0 Å². The lowest BCUT2D eigenvalue weighted by Gasteiger charge is -2.23.